The first kappa shape index (κ1) is 13.1. The molecule has 0 amide bonds. The van der Waals surface area contributed by atoms with Gasteiger partial charge in [0, 0.05) is 12.1 Å². The molecule has 0 fully saturated rings. The van der Waals surface area contributed by atoms with Crippen molar-refractivity contribution in [2.75, 3.05) is 17.6 Å². The Kier molecular flexibility index (Phi) is 4.18. The highest BCUT2D eigenvalue weighted by atomic mass is 16.1. The summed E-state index contributed by atoms with van der Waals surface area (Å²) >= 11 is 0. The predicted octanol–water partition coefficient (Wildman–Crippen LogP) is 3.13. The summed E-state index contributed by atoms with van der Waals surface area (Å²) in [6, 6.07) is 15.6. The van der Waals surface area contributed by atoms with Crippen molar-refractivity contribution in [3.05, 3.63) is 59.7 Å². The fraction of sp³-hybridized carbons (Fsp3) is 0.188. The highest BCUT2D eigenvalue weighted by molar-refractivity contribution is 5.95. The molecule has 0 spiro atoms. The van der Waals surface area contributed by atoms with Crippen LogP contribution in [0.5, 0.6) is 0 Å². The molecule has 0 aliphatic rings. The van der Waals surface area contributed by atoms with Crippen LogP contribution in [0.15, 0.2) is 48.5 Å². The number of nitrogen functional groups attached to an aromatic ring is 1. The van der Waals surface area contributed by atoms with Crippen molar-refractivity contribution in [3.63, 3.8) is 0 Å². The Labute approximate surface area is 113 Å². The van der Waals surface area contributed by atoms with Gasteiger partial charge in [-0.2, -0.15) is 0 Å². The zero-order valence-electron chi connectivity index (χ0n) is 11.0. The molecule has 2 rings (SSSR count). The maximum absolute atomic E-state index is 11.2. The first-order valence-electron chi connectivity index (χ1n) is 6.35. The van der Waals surface area contributed by atoms with E-state index in [0.717, 1.165) is 18.7 Å². The van der Waals surface area contributed by atoms with E-state index in [9.17, 15) is 4.79 Å². The van der Waals surface area contributed by atoms with E-state index in [0.29, 0.717) is 11.3 Å². The van der Waals surface area contributed by atoms with E-state index in [-0.39, 0.29) is 5.78 Å². The third-order valence-corrected chi connectivity index (χ3v) is 3.03. The molecule has 0 radical (unpaired) electrons. The Morgan fingerprint density at radius 1 is 1.16 bits per heavy atom. The molecule has 3 nitrogen and oxygen atoms in total. The summed E-state index contributed by atoms with van der Waals surface area (Å²) in [6.45, 7) is 2.35. The van der Waals surface area contributed by atoms with Gasteiger partial charge in [0.15, 0.2) is 5.78 Å². The lowest BCUT2D eigenvalue weighted by Crippen LogP contribution is -2.07. The van der Waals surface area contributed by atoms with Gasteiger partial charge >= 0.3 is 0 Å². The topological polar surface area (TPSA) is 55.1 Å². The average molecular weight is 254 g/mol. The minimum Gasteiger partial charge on any atom is -0.397 e. The van der Waals surface area contributed by atoms with Gasteiger partial charge in [-0.3, -0.25) is 4.79 Å². The van der Waals surface area contributed by atoms with Crippen LogP contribution in [-0.2, 0) is 6.42 Å². The second-order valence-corrected chi connectivity index (χ2v) is 4.52. The predicted molar refractivity (Wildman–Crippen MR) is 79.5 cm³/mol. The number of hydrogen-bond donors (Lipinski definition) is 2. The van der Waals surface area contributed by atoms with E-state index < -0.39 is 0 Å². The lowest BCUT2D eigenvalue weighted by molar-refractivity contribution is 0.101. The summed E-state index contributed by atoms with van der Waals surface area (Å²) in [5, 5.41) is 3.29. The van der Waals surface area contributed by atoms with E-state index in [2.05, 4.69) is 17.4 Å². The summed E-state index contributed by atoms with van der Waals surface area (Å²) < 4.78 is 0. The number of carbonyl (C=O) groups excluding carboxylic acids is 1. The Bertz CT molecular complexity index is 564. The van der Waals surface area contributed by atoms with E-state index in [4.69, 9.17) is 5.73 Å². The first-order chi connectivity index (χ1) is 9.16. The van der Waals surface area contributed by atoms with Crippen molar-refractivity contribution in [1.29, 1.82) is 0 Å². The summed E-state index contributed by atoms with van der Waals surface area (Å²) in [6.07, 6.45) is 0.939. The quantitative estimate of drug-likeness (QED) is 0.636. The Hall–Kier alpha value is -2.29. The zero-order chi connectivity index (χ0) is 13.7. The number of rotatable bonds is 5. The van der Waals surface area contributed by atoms with Crippen LogP contribution in [-0.4, -0.2) is 12.3 Å². The summed E-state index contributed by atoms with van der Waals surface area (Å²) in [5.74, 6) is 0.0301. The molecule has 0 aromatic heterocycles. The maximum Gasteiger partial charge on any atom is 0.159 e. The molecule has 0 unspecified atom stereocenters. The minimum absolute atomic E-state index is 0.0301. The number of ketones is 1. The van der Waals surface area contributed by atoms with Gasteiger partial charge in [-0.05, 0) is 37.1 Å². The lowest BCUT2D eigenvalue weighted by atomic mass is 10.1. The van der Waals surface area contributed by atoms with Gasteiger partial charge < -0.3 is 11.1 Å². The van der Waals surface area contributed by atoms with Crippen molar-refractivity contribution in [2.45, 2.75) is 13.3 Å². The Morgan fingerprint density at radius 2 is 1.89 bits per heavy atom. The number of nitrogens with one attached hydrogen (secondary N) is 1. The number of nitrogens with two attached hydrogens (primary N) is 1. The highest BCUT2D eigenvalue weighted by Crippen LogP contribution is 2.20. The Morgan fingerprint density at radius 3 is 2.53 bits per heavy atom. The average Bonchev–Trinajstić information content (AvgIpc) is 2.41. The van der Waals surface area contributed by atoms with Crippen LogP contribution in [0.1, 0.15) is 22.8 Å². The molecule has 3 N–H and O–H groups in total. The standard InChI is InChI=1S/C16H18N2O/c1-12(19)14-7-8-16(15(17)11-14)18-10-9-13-5-3-2-4-6-13/h2-8,11,18H,9-10,17H2,1H3. The molecule has 2 aromatic carbocycles. The van der Waals surface area contributed by atoms with Crippen LogP contribution >= 0.6 is 0 Å². The third kappa shape index (κ3) is 3.58. The lowest BCUT2D eigenvalue weighted by Gasteiger charge is -2.10. The molecule has 0 bridgehead atoms. The van der Waals surface area contributed by atoms with E-state index >= 15 is 0 Å². The second kappa shape index (κ2) is 6.05. The zero-order valence-corrected chi connectivity index (χ0v) is 11.0. The van der Waals surface area contributed by atoms with Crippen molar-refractivity contribution < 1.29 is 4.79 Å². The van der Waals surface area contributed by atoms with Gasteiger partial charge in [0.2, 0.25) is 0 Å². The summed E-state index contributed by atoms with van der Waals surface area (Å²) in [5.41, 5.74) is 9.34. The molecular weight excluding hydrogens is 236 g/mol. The number of carbonyl (C=O) groups is 1. The summed E-state index contributed by atoms with van der Waals surface area (Å²) in [4.78, 5) is 11.2. The fourth-order valence-electron chi connectivity index (χ4n) is 1.93. The van der Waals surface area contributed by atoms with Crippen molar-refractivity contribution in [1.82, 2.24) is 0 Å². The van der Waals surface area contributed by atoms with Crippen LogP contribution in [0.25, 0.3) is 0 Å². The monoisotopic (exact) mass is 254 g/mol. The normalized spacial score (nSPS) is 10.2. The molecule has 0 aliphatic carbocycles. The smallest absolute Gasteiger partial charge is 0.159 e. The molecule has 19 heavy (non-hydrogen) atoms. The first-order valence-corrected chi connectivity index (χ1v) is 6.35. The third-order valence-electron chi connectivity index (χ3n) is 3.03. The van der Waals surface area contributed by atoms with Gasteiger partial charge in [0.05, 0.1) is 11.4 Å². The van der Waals surface area contributed by atoms with E-state index in [1.165, 1.54) is 12.5 Å². The van der Waals surface area contributed by atoms with Crippen molar-refractivity contribution in [3.8, 4) is 0 Å². The largest absolute Gasteiger partial charge is 0.397 e. The van der Waals surface area contributed by atoms with Crippen LogP contribution in [0, 0.1) is 0 Å². The second-order valence-electron chi connectivity index (χ2n) is 4.52. The molecule has 0 aliphatic heterocycles. The number of Topliss-reactive ketones (excluding diaryl/α,β-unsaturated/α-hetero) is 1. The van der Waals surface area contributed by atoms with Gasteiger partial charge in [0.25, 0.3) is 0 Å². The molecular formula is C16H18N2O. The Balaban J connectivity index is 1.95. The van der Waals surface area contributed by atoms with Crippen molar-refractivity contribution in [2.24, 2.45) is 0 Å². The van der Waals surface area contributed by atoms with E-state index in [1.54, 1.807) is 12.1 Å². The van der Waals surface area contributed by atoms with Gasteiger partial charge in [-0.25, -0.2) is 0 Å². The van der Waals surface area contributed by atoms with Crippen LogP contribution in [0.3, 0.4) is 0 Å². The molecule has 0 atom stereocenters. The number of hydrogen-bond acceptors (Lipinski definition) is 3. The van der Waals surface area contributed by atoms with E-state index in [1.807, 2.05) is 24.3 Å². The number of benzene rings is 2. The van der Waals surface area contributed by atoms with Crippen LogP contribution < -0.4 is 11.1 Å². The van der Waals surface area contributed by atoms with Gasteiger partial charge in [-0.1, -0.05) is 30.3 Å². The molecule has 98 valence electrons. The molecule has 3 heteroatoms. The SMILES string of the molecule is CC(=O)c1ccc(NCCc2ccccc2)c(N)c1. The fourth-order valence-corrected chi connectivity index (χ4v) is 1.93. The number of anilines is 2. The molecule has 0 heterocycles. The van der Waals surface area contributed by atoms with Crippen LogP contribution in [0.2, 0.25) is 0 Å². The molecule has 2 aromatic rings. The summed E-state index contributed by atoms with van der Waals surface area (Å²) in [7, 11) is 0. The minimum atomic E-state index is 0.0301. The molecule has 0 saturated heterocycles. The van der Waals surface area contributed by atoms with Crippen LogP contribution in [0.4, 0.5) is 11.4 Å². The molecule has 0 saturated carbocycles. The van der Waals surface area contributed by atoms with Gasteiger partial charge in [0.1, 0.15) is 0 Å². The van der Waals surface area contributed by atoms with Gasteiger partial charge in [-0.15, -0.1) is 0 Å². The highest BCUT2D eigenvalue weighted by Gasteiger charge is 2.03. The van der Waals surface area contributed by atoms with Crippen molar-refractivity contribution >= 4 is 17.2 Å². The maximum atomic E-state index is 11.2.